The highest BCUT2D eigenvalue weighted by molar-refractivity contribution is 6.30. The summed E-state index contributed by atoms with van der Waals surface area (Å²) in [4.78, 5) is 40.7. The average molecular weight is 597 g/mol. The number of benzene rings is 2. The molecule has 2 aromatic carbocycles. The smallest absolute Gasteiger partial charge is 0.247 e. The molecular weight excluding hydrogens is 560 g/mol. The lowest BCUT2D eigenvalue weighted by Gasteiger charge is -2.41. The first-order chi connectivity index (χ1) is 20.3. The van der Waals surface area contributed by atoms with E-state index in [1.807, 2.05) is 12.1 Å². The Labute approximate surface area is 250 Å². The van der Waals surface area contributed by atoms with Gasteiger partial charge in [0.15, 0.2) is 11.5 Å². The van der Waals surface area contributed by atoms with E-state index in [4.69, 9.17) is 21.1 Å². The Morgan fingerprint density at radius 1 is 1.19 bits per heavy atom. The molecule has 42 heavy (non-hydrogen) atoms. The van der Waals surface area contributed by atoms with Gasteiger partial charge >= 0.3 is 0 Å². The van der Waals surface area contributed by atoms with Gasteiger partial charge < -0.3 is 29.9 Å². The largest absolute Gasteiger partial charge is 0.493 e. The van der Waals surface area contributed by atoms with Gasteiger partial charge in [-0.05, 0) is 48.2 Å². The molecule has 2 amide bonds. The Hall–Kier alpha value is -3.40. The van der Waals surface area contributed by atoms with Gasteiger partial charge in [-0.3, -0.25) is 14.4 Å². The molecule has 224 valence electrons. The molecule has 4 unspecified atom stereocenters. The molecule has 3 N–H and O–H groups in total. The van der Waals surface area contributed by atoms with E-state index in [9.17, 15) is 24.6 Å². The van der Waals surface area contributed by atoms with Gasteiger partial charge in [0.2, 0.25) is 11.8 Å². The maximum Gasteiger partial charge on any atom is 0.247 e. The van der Waals surface area contributed by atoms with E-state index in [0.29, 0.717) is 46.3 Å². The van der Waals surface area contributed by atoms with Crippen LogP contribution in [0.25, 0.3) is 0 Å². The third kappa shape index (κ3) is 6.19. The molecule has 0 radical (unpaired) electrons. The summed E-state index contributed by atoms with van der Waals surface area (Å²) in [6.45, 7) is -0.0217. The second-order valence-corrected chi connectivity index (χ2v) is 11.7. The first kappa shape index (κ1) is 30.1. The number of amides is 2. The molecule has 3 aliphatic rings. The van der Waals surface area contributed by atoms with E-state index in [-0.39, 0.29) is 31.2 Å². The molecule has 0 spiro atoms. The average Bonchev–Trinajstić information content (AvgIpc) is 3.67. The van der Waals surface area contributed by atoms with Gasteiger partial charge in [0, 0.05) is 41.2 Å². The summed E-state index contributed by atoms with van der Waals surface area (Å²) >= 11 is 6.11. The lowest BCUT2D eigenvalue weighted by molar-refractivity contribution is -0.138. The highest BCUT2D eigenvalue weighted by Gasteiger charge is 2.51. The molecule has 10 heteroatoms. The number of ether oxygens (including phenoxy) is 2. The lowest BCUT2D eigenvalue weighted by atomic mass is 9.77. The number of hydrogen-bond donors (Lipinski definition) is 3. The number of aliphatic hydroxyl groups excluding tert-OH is 2. The first-order valence-electron chi connectivity index (χ1n) is 14.5. The maximum atomic E-state index is 13.9. The maximum absolute atomic E-state index is 13.9. The second kappa shape index (κ2) is 13.3. The highest BCUT2D eigenvalue weighted by atomic mass is 35.5. The van der Waals surface area contributed by atoms with Crippen molar-refractivity contribution in [3.63, 3.8) is 0 Å². The zero-order chi connectivity index (χ0) is 29.8. The predicted molar refractivity (Wildman–Crippen MR) is 157 cm³/mol. The Morgan fingerprint density at radius 2 is 1.93 bits per heavy atom. The number of nitrogens with zero attached hydrogens (tertiary/aromatic N) is 1. The van der Waals surface area contributed by atoms with Crippen molar-refractivity contribution in [3.05, 3.63) is 69.8 Å². The molecule has 1 heterocycles. The third-order valence-electron chi connectivity index (χ3n) is 8.60. The van der Waals surface area contributed by atoms with Gasteiger partial charge in [0.25, 0.3) is 0 Å². The van der Waals surface area contributed by atoms with Crippen LogP contribution in [0.1, 0.15) is 65.9 Å². The van der Waals surface area contributed by atoms with Gasteiger partial charge in [-0.25, -0.2) is 0 Å². The molecular formula is C32H37ClN2O7. The molecule has 0 saturated heterocycles. The fourth-order valence-electron chi connectivity index (χ4n) is 6.48. The Bertz CT molecular complexity index is 1340. The van der Waals surface area contributed by atoms with Crippen molar-refractivity contribution in [2.45, 2.75) is 69.2 Å². The fraction of sp³-hybridized carbons (Fsp3) is 0.469. The lowest BCUT2D eigenvalue weighted by Crippen LogP contribution is -2.55. The van der Waals surface area contributed by atoms with Crippen LogP contribution in [0.3, 0.4) is 0 Å². The number of aldehydes is 1. The minimum Gasteiger partial charge on any atom is -0.493 e. The van der Waals surface area contributed by atoms with Crippen LogP contribution in [0.5, 0.6) is 11.5 Å². The van der Waals surface area contributed by atoms with Crippen molar-refractivity contribution >= 4 is 29.7 Å². The van der Waals surface area contributed by atoms with Gasteiger partial charge in [-0.2, -0.15) is 0 Å². The predicted octanol–water partition coefficient (Wildman–Crippen LogP) is 3.78. The molecule has 5 rings (SSSR count). The first-order valence-corrected chi connectivity index (χ1v) is 14.9. The fourth-order valence-corrected chi connectivity index (χ4v) is 6.60. The van der Waals surface area contributed by atoms with Gasteiger partial charge in [-0.15, -0.1) is 0 Å². The van der Waals surface area contributed by atoms with Crippen molar-refractivity contribution in [2.75, 3.05) is 20.3 Å². The highest BCUT2D eigenvalue weighted by Crippen LogP contribution is 2.51. The van der Waals surface area contributed by atoms with Gasteiger partial charge in [0.1, 0.15) is 18.5 Å². The molecule has 1 fully saturated rings. The van der Waals surface area contributed by atoms with Crippen LogP contribution in [0.4, 0.5) is 0 Å². The Balaban J connectivity index is 1.54. The van der Waals surface area contributed by atoms with Crippen LogP contribution < -0.4 is 14.8 Å². The van der Waals surface area contributed by atoms with Crippen molar-refractivity contribution in [3.8, 4) is 11.5 Å². The second-order valence-electron chi connectivity index (χ2n) is 11.2. The number of halogens is 1. The van der Waals surface area contributed by atoms with Crippen LogP contribution in [0.2, 0.25) is 5.02 Å². The summed E-state index contributed by atoms with van der Waals surface area (Å²) < 4.78 is 11.8. The zero-order valence-corrected chi connectivity index (χ0v) is 24.4. The minimum absolute atomic E-state index is 0.0288. The Kier molecular flexibility index (Phi) is 9.50. The molecule has 2 aliphatic carbocycles. The molecule has 9 nitrogen and oxygen atoms in total. The normalized spacial score (nSPS) is 22.9. The van der Waals surface area contributed by atoms with E-state index in [2.05, 4.69) is 5.32 Å². The molecule has 2 aromatic rings. The van der Waals surface area contributed by atoms with Crippen LogP contribution in [0, 0.1) is 5.92 Å². The quantitative estimate of drug-likeness (QED) is 0.337. The van der Waals surface area contributed by atoms with Crippen LogP contribution in [0.15, 0.2) is 48.0 Å². The van der Waals surface area contributed by atoms with Gasteiger partial charge in [-0.1, -0.05) is 49.4 Å². The summed E-state index contributed by atoms with van der Waals surface area (Å²) in [5.41, 5.74) is 2.00. The van der Waals surface area contributed by atoms with E-state index in [1.54, 1.807) is 35.2 Å². The SMILES string of the molecule is COc1cc(C=O)cc2c1OC1C2C(C(=O)NCCO)=CC(N(Cc2ccc(Cl)cc2)C(=O)CCC2CCCC2)C1O. The number of nitrogens with one attached hydrogen (secondary N) is 1. The van der Waals surface area contributed by atoms with Crippen molar-refractivity contribution in [2.24, 2.45) is 5.92 Å². The number of carbonyl (C=O) groups is 3. The van der Waals surface area contributed by atoms with E-state index >= 15 is 0 Å². The summed E-state index contributed by atoms with van der Waals surface area (Å²) in [6.07, 6.45) is 5.90. The molecule has 1 saturated carbocycles. The standard InChI is InChI=1S/C32H37ClN2O7/c1-41-26-15-21(18-37)14-23-28-24(32(40)34-12-13-36)16-25(29(39)31(28)42-30(23)26)35(17-20-6-9-22(33)10-7-20)27(38)11-8-19-4-2-3-5-19/h6-7,9-10,14-16,18-19,25,28-29,31,36,39H,2-5,8,11-13,17H2,1H3,(H,34,40). The molecule has 0 bridgehead atoms. The van der Waals surface area contributed by atoms with Crippen LogP contribution >= 0.6 is 11.6 Å². The summed E-state index contributed by atoms with van der Waals surface area (Å²) in [7, 11) is 1.45. The number of carbonyl (C=O) groups excluding carboxylic acids is 3. The number of aliphatic hydroxyl groups is 2. The summed E-state index contributed by atoms with van der Waals surface area (Å²) in [5, 5.41) is 24.5. The van der Waals surface area contributed by atoms with Crippen molar-refractivity contribution in [1.29, 1.82) is 0 Å². The molecule has 0 aromatic heterocycles. The third-order valence-corrected chi connectivity index (χ3v) is 8.85. The monoisotopic (exact) mass is 596 g/mol. The molecule has 1 aliphatic heterocycles. The summed E-state index contributed by atoms with van der Waals surface area (Å²) in [6, 6.07) is 9.48. The topological polar surface area (TPSA) is 125 Å². The van der Waals surface area contributed by atoms with Crippen LogP contribution in [-0.2, 0) is 16.1 Å². The van der Waals surface area contributed by atoms with Crippen molar-refractivity contribution in [1.82, 2.24) is 10.2 Å². The number of rotatable bonds is 11. The van der Waals surface area contributed by atoms with Crippen molar-refractivity contribution < 1.29 is 34.1 Å². The van der Waals surface area contributed by atoms with Crippen LogP contribution in [-0.4, -0.2) is 71.7 Å². The number of fused-ring (bicyclic) bond motifs is 3. The number of methoxy groups -OCH3 is 1. The van der Waals surface area contributed by atoms with E-state index in [1.165, 1.54) is 20.0 Å². The summed E-state index contributed by atoms with van der Waals surface area (Å²) in [5.74, 6) is -0.127. The number of hydrogen-bond acceptors (Lipinski definition) is 7. The molecule has 4 atom stereocenters. The zero-order valence-electron chi connectivity index (χ0n) is 23.6. The van der Waals surface area contributed by atoms with Gasteiger partial charge in [0.05, 0.1) is 25.7 Å². The Morgan fingerprint density at radius 3 is 2.60 bits per heavy atom. The minimum atomic E-state index is -1.19. The van der Waals surface area contributed by atoms with E-state index in [0.717, 1.165) is 24.8 Å². The van der Waals surface area contributed by atoms with E-state index < -0.39 is 30.1 Å².